The molecule has 4 nitrogen and oxygen atoms in total. The maximum atomic E-state index is 5.66. The minimum atomic E-state index is -3.01. The van der Waals surface area contributed by atoms with Gasteiger partial charge in [0.2, 0.25) is 0 Å². The van der Waals surface area contributed by atoms with E-state index in [4.69, 9.17) is 255 Å². The van der Waals surface area contributed by atoms with E-state index in [9.17, 15) is 0 Å². The van der Waals surface area contributed by atoms with Crippen LogP contribution in [0.1, 0.15) is 6.92 Å². The van der Waals surface area contributed by atoms with Crippen LogP contribution in [0.15, 0.2) is 0 Å². The van der Waals surface area contributed by atoms with Gasteiger partial charge in [-0.1, -0.05) is 6.92 Å². The fourth-order valence-electron chi connectivity index (χ4n) is 0.930. The molecule has 0 radical (unpaired) electrons. The molecule has 38 heavy (non-hydrogen) atoms. The highest BCUT2D eigenvalue weighted by atomic mass is 35.9. The van der Waals surface area contributed by atoms with Gasteiger partial charge in [-0.05, 0) is 13.6 Å². The molecule has 2 N–H and O–H groups in total. The number of rotatable bonds is 9. The molecular weight excluding hydrogens is 1130 g/mol. The van der Waals surface area contributed by atoms with E-state index in [0.717, 1.165) is 0 Å². The van der Waals surface area contributed by atoms with Crippen LogP contribution >= 0.6 is 255 Å². The molecule has 0 atom stereocenters. The Balaban J connectivity index is -0.000000204. The molecule has 0 aromatic heterocycles. The van der Waals surface area contributed by atoms with Crippen molar-refractivity contribution in [3.8, 4) is 0 Å². The molecule has 0 bridgehead atoms. The van der Waals surface area contributed by atoms with Crippen LogP contribution in [-0.4, -0.2) is 72.8 Å². The largest absolute Gasteiger partial charge is 0.420 e. The topological polar surface area (TPSA) is 30.5 Å². The van der Waals surface area contributed by atoms with Crippen molar-refractivity contribution in [1.29, 1.82) is 0 Å². The summed E-state index contributed by atoms with van der Waals surface area (Å²) in [5, 5.41) is 0. The Labute approximate surface area is 338 Å². The normalized spacial score (nSPS) is 13.9. The van der Waals surface area contributed by atoms with Gasteiger partial charge < -0.3 is 4.65 Å². The lowest BCUT2D eigenvalue weighted by atomic mass is 10.8. The van der Waals surface area contributed by atoms with Gasteiger partial charge in [-0.3, -0.25) is 13.1 Å². The van der Waals surface area contributed by atoms with Crippen molar-refractivity contribution in [2.75, 3.05) is 13.6 Å². The minimum absolute atomic E-state index is 0.450. The van der Waals surface area contributed by atoms with E-state index in [1.54, 1.807) is 6.92 Å². The molecule has 0 saturated heterocycles. The standard InChI is InChI=1S/C2H5Cl6NSi2.CH3Cl6NSi2.Cl6HNSi2.Cl5H2NSi2/c1-2-9(10(3,4)5)11(6,7)8;1-8(9(2,3)4)10(5,6)7;1-8(2,3)7-9(4,5)6;1-7(2)6-8(3,4)5/h2H2,1H3;1H3;7H;6-7H. The summed E-state index contributed by atoms with van der Waals surface area (Å²) in [5.74, 6) is 0. The van der Waals surface area contributed by atoms with Crippen LogP contribution in [0, 0.1) is 0 Å². The van der Waals surface area contributed by atoms with Gasteiger partial charge in [0.15, 0.2) is 0 Å². The monoisotopic (exact) mass is 1130 g/mol. The van der Waals surface area contributed by atoms with Crippen LogP contribution in [0.2, 0.25) is 0 Å². The van der Waals surface area contributed by atoms with Crippen molar-refractivity contribution in [2.24, 2.45) is 0 Å². The molecule has 0 aromatic carbocycles. The molecule has 35 heteroatoms. The summed E-state index contributed by atoms with van der Waals surface area (Å²) in [6.45, 7) is 2.23. The van der Waals surface area contributed by atoms with Crippen molar-refractivity contribution in [3.05, 3.63) is 0 Å². The lowest BCUT2D eigenvalue weighted by Crippen LogP contribution is -2.51. The van der Waals surface area contributed by atoms with E-state index in [0.29, 0.717) is 6.54 Å². The van der Waals surface area contributed by atoms with Gasteiger partial charge >= 0.3 is 50.7 Å². The molecule has 0 fully saturated rings. The van der Waals surface area contributed by atoms with E-state index in [2.05, 4.69) is 9.30 Å². The Morgan fingerprint density at radius 3 is 0.763 bits per heavy atom. The lowest BCUT2D eigenvalue weighted by Gasteiger charge is -2.30. The zero-order valence-corrected chi connectivity index (χ0v) is 42.9. The highest BCUT2D eigenvalue weighted by Crippen LogP contribution is 2.36. The lowest BCUT2D eigenvalue weighted by molar-refractivity contribution is 0.715. The Kier molecular flexibility index (Phi) is 31.9. The third-order valence-electron chi connectivity index (χ3n) is 2.25. The maximum absolute atomic E-state index is 5.66. The number of hydrogen-bond donors (Lipinski definition) is 2. The molecule has 0 unspecified atom stereocenters. The Hall–Kier alpha value is 8.25. The molecule has 0 aliphatic carbocycles. The smallest absolute Gasteiger partial charge is 0.301 e. The summed E-state index contributed by atoms with van der Waals surface area (Å²) in [4.78, 5) is 0. The highest BCUT2D eigenvalue weighted by Gasteiger charge is 2.48. The maximum Gasteiger partial charge on any atom is 0.420 e. The van der Waals surface area contributed by atoms with Crippen molar-refractivity contribution in [3.63, 3.8) is 0 Å². The number of nitrogens with one attached hydrogen (secondary N) is 2. The Morgan fingerprint density at radius 1 is 0.500 bits per heavy atom. The van der Waals surface area contributed by atoms with Gasteiger partial charge in [0.1, 0.15) is 0 Å². The van der Waals surface area contributed by atoms with Crippen LogP contribution in [-0.2, 0) is 0 Å². The quantitative estimate of drug-likeness (QED) is 0.178. The first-order valence-electron chi connectivity index (χ1n) is 7.81. The summed E-state index contributed by atoms with van der Waals surface area (Å²) >= 11 is 126. The number of nitrogens with zero attached hydrogens (tertiary/aromatic N) is 2. The average Bonchev–Trinajstić information content (AvgIpc) is 2.45. The molecular formula is C3H11Cl23N4Si8. The third-order valence-corrected chi connectivity index (χ3v) is 37.4. The van der Waals surface area contributed by atoms with Gasteiger partial charge in [0, 0.05) is 0 Å². The van der Waals surface area contributed by atoms with Crippen molar-refractivity contribution in [1.82, 2.24) is 17.8 Å². The zero-order chi connectivity index (χ0) is 32.4. The van der Waals surface area contributed by atoms with Gasteiger partial charge in [0.25, 0.3) is 0 Å². The van der Waals surface area contributed by atoms with Crippen LogP contribution < -0.4 is 9.30 Å². The summed E-state index contributed by atoms with van der Waals surface area (Å²) < 4.78 is 7.43. The second-order valence-electron chi connectivity index (χ2n) is 5.24. The Bertz CT molecular complexity index is 572. The average molecular weight is 1140 g/mol. The van der Waals surface area contributed by atoms with Gasteiger partial charge in [-0.2, -0.15) is 0 Å². The summed E-state index contributed by atoms with van der Waals surface area (Å²) in [6.07, 6.45) is -20.6. The van der Waals surface area contributed by atoms with E-state index in [-0.39, 0.29) is 0 Å². The summed E-state index contributed by atoms with van der Waals surface area (Å²) in [5.41, 5.74) is 0. The van der Waals surface area contributed by atoms with E-state index in [1.165, 1.54) is 15.5 Å². The first-order valence-corrected chi connectivity index (χ1v) is 46.9. The van der Waals surface area contributed by atoms with Gasteiger partial charge in [-0.15, -0.1) is 255 Å². The van der Waals surface area contributed by atoms with Crippen LogP contribution in [0.3, 0.4) is 0 Å². The molecule has 0 aliphatic rings. The van der Waals surface area contributed by atoms with Crippen molar-refractivity contribution >= 4 is 306 Å². The fraction of sp³-hybridized carbons (Fsp3) is 1.00. The predicted molar refractivity (Wildman–Crippen MR) is 208 cm³/mol. The summed E-state index contributed by atoms with van der Waals surface area (Å²) in [7, 11) is -0.437. The van der Waals surface area contributed by atoms with E-state index >= 15 is 0 Å². The second-order valence-corrected chi connectivity index (χ2v) is 68.5. The van der Waals surface area contributed by atoms with Crippen LogP contribution in [0.4, 0.5) is 0 Å². The molecule has 0 saturated carbocycles. The predicted octanol–water partition coefficient (Wildman–Crippen LogP) is 11.6. The molecule has 0 amide bonds. The Morgan fingerprint density at radius 2 is 0.763 bits per heavy atom. The van der Waals surface area contributed by atoms with Crippen molar-refractivity contribution < 1.29 is 0 Å². The molecule has 0 rings (SSSR count). The van der Waals surface area contributed by atoms with Crippen LogP contribution in [0.5, 0.6) is 0 Å². The molecule has 0 heterocycles. The SMILES string of the molecule is CCN([Si](Cl)(Cl)Cl)[Si](Cl)(Cl)Cl.CN([Si](Cl)(Cl)Cl)[Si](Cl)(Cl)Cl.Cl[SiH](Cl)N[Si](Cl)(Cl)Cl.Cl[Si](Cl)(Cl)N[Si](Cl)(Cl)Cl. The molecule has 236 valence electrons. The van der Waals surface area contributed by atoms with Crippen LogP contribution in [0.25, 0.3) is 0 Å². The number of hydrogen-bond acceptors (Lipinski definition) is 4. The van der Waals surface area contributed by atoms with E-state index < -0.39 is 50.7 Å². The minimum Gasteiger partial charge on any atom is -0.301 e. The first kappa shape index (κ1) is 53.0. The van der Waals surface area contributed by atoms with Crippen molar-refractivity contribution in [2.45, 2.75) is 6.92 Å². The first-order chi connectivity index (χ1) is 16.0. The molecule has 0 aromatic rings. The summed E-state index contributed by atoms with van der Waals surface area (Å²) in [6, 6.07) is 0. The number of halogens is 23. The highest BCUT2D eigenvalue weighted by molar-refractivity contribution is 7.74. The van der Waals surface area contributed by atoms with Gasteiger partial charge in [-0.25, -0.2) is 0 Å². The van der Waals surface area contributed by atoms with Gasteiger partial charge in [0.05, 0.1) is 0 Å². The fourth-order valence-corrected chi connectivity index (χ4v) is 49.6. The second kappa shape index (κ2) is 22.9. The molecule has 0 spiro atoms. The third kappa shape index (κ3) is 40.4. The molecule has 0 aliphatic heterocycles. The zero-order valence-electron chi connectivity index (χ0n) is 17.4. The van der Waals surface area contributed by atoms with E-state index in [1.807, 2.05) is 0 Å².